The van der Waals surface area contributed by atoms with Crippen LogP contribution in [0.3, 0.4) is 0 Å². The predicted octanol–water partition coefficient (Wildman–Crippen LogP) is 0.474. The number of hydrogen-bond acceptors (Lipinski definition) is 4. The van der Waals surface area contributed by atoms with Gasteiger partial charge in [0, 0.05) is 6.42 Å². The second-order valence-corrected chi connectivity index (χ2v) is 3.05. The summed E-state index contributed by atoms with van der Waals surface area (Å²) in [5.74, 6) is -1.42. The fourth-order valence-corrected chi connectivity index (χ4v) is 1.12. The van der Waals surface area contributed by atoms with Crippen LogP contribution in [0.25, 0.3) is 0 Å². The lowest BCUT2D eigenvalue weighted by molar-refractivity contribution is -0.153. The minimum atomic E-state index is -1.59. The van der Waals surface area contributed by atoms with Gasteiger partial charge in [-0.15, -0.1) is 0 Å². The molecule has 1 atom stereocenters. The van der Waals surface area contributed by atoms with Gasteiger partial charge in [0.2, 0.25) is 4.87 Å². The highest BCUT2D eigenvalue weighted by Gasteiger charge is 2.51. The Kier molecular flexibility index (Phi) is 2.57. The lowest BCUT2D eigenvalue weighted by atomic mass is 10.1. The summed E-state index contributed by atoms with van der Waals surface area (Å²) >= 11 is 5.70. The molecule has 0 spiro atoms. The third-order valence-corrected chi connectivity index (χ3v) is 2.10. The molecule has 1 fully saturated rings. The van der Waals surface area contributed by atoms with Crippen LogP contribution in [-0.4, -0.2) is 30.0 Å². The molecular formula is C7H9ClO4. The Balaban J connectivity index is 2.70. The maximum absolute atomic E-state index is 11.1. The number of halogens is 1. The van der Waals surface area contributed by atoms with Gasteiger partial charge in [0.1, 0.15) is 0 Å². The highest BCUT2D eigenvalue weighted by atomic mass is 35.5. The molecule has 0 amide bonds. The molecule has 68 valence electrons. The molecule has 5 heteroatoms. The predicted molar refractivity (Wildman–Crippen MR) is 40.8 cm³/mol. The molecule has 1 rings (SSSR count). The fourth-order valence-electron chi connectivity index (χ4n) is 0.932. The van der Waals surface area contributed by atoms with E-state index in [0.29, 0.717) is 0 Å². The van der Waals surface area contributed by atoms with Crippen LogP contribution in [0.2, 0.25) is 0 Å². The van der Waals surface area contributed by atoms with Gasteiger partial charge in [0.15, 0.2) is 0 Å². The molecule has 0 aliphatic carbocycles. The van der Waals surface area contributed by atoms with Crippen LogP contribution in [0.1, 0.15) is 13.3 Å². The van der Waals surface area contributed by atoms with E-state index in [4.69, 9.17) is 11.6 Å². The van der Waals surface area contributed by atoms with Gasteiger partial charge in [-0.2, -0.15) is 0 Å². The monoisotopic (exact) mass is 192 g/mol. The van der Waals surface area contributed by atoms with Crippen molar-refractivity contribution in [1.29, 1.82) is 0 Å². The summed E-state index contributed by atoms with van der Waals surface area (Å²) in [7, 11) is 0. The number of hydrogen-bond donors (Lipinski definition) is 0. The third-order valence-electron chi connectivity index (χ3n) is 1.60. The van der Waals surface area contributed by atoms with Gasteiger partial charge in [0.25, 0.3) is 0 Å². The second kappa shape index (κ2) is 3.31. The lowest BCUT2D eigenvalue weighted by Crippen LogP contribution is -2.38. The SMILES string of the molecule is CCOC(=O)C1(Cl)CCOC1=O. The van der Waals surface area contributed by atoms with Crippen molar-refractivity contribution in [3.8, 4) is 0 Å². The maximum Gasteiger partial charge on any atom is 0.339 e. The summed E-state index contributed by atoms with van der Waals surface area (Å²) < 4.78 is 9.19. The molecule has 4 nitrogen and oxygen atoms in total. The summed E-state index contributed by atoms with van der Waals surface area (Å²) in [6, 6.07) is 0. The number of esters is 2. The molecule has 0 aromatic rings. The van der Waals surface area contributed by atoms with Gasteiger partial charge in [-0.05, 0) is 6.92 Å². The van der Waals surface area contributed by atoms with Gasteiger partial charge in [-0.25, -0.2) is 9.59 Å². The van der Waals surface area contributed by atoms with Crippen LogP contribution in [0, 0.1) is 0 Å². The Morgan fingerprint density at radius 2 is 2.50 bits per heavy atom. The average Bonchev–Trinajstić information content (AvgIpc) is 2.34. The van der Waals surface area contributed by atoms with Crippen molar-refractivity contribution in [3.05, 3.63) is 0 Å². The number of alkyl halides is 1. The maximum atomic E-state index is 11.1. The van der Waals surface area contributed by atoms with E-state index in [2.05, 4.69) is 9.47 Å². The lowest BCUT2D eigenvalue weighted by Gasteiger charge is -2.13. The Labute approximate surface area is 74.8 Å². The first-order valence-electron chi connectivity index (χ1n) is 3.64. The highest BCUT2D eigenvalue weighted by molar-refractivity contribution is 6.45. The normalized spacial score (nSPS) is 28.3. The fraction of sp³-hybridized carbons (Fsp3) is 0.714. The molecule has 1 aliphatic rings. The van der Waals surface area contributed by atoms with Crippen molar-refractivity contribution >= 4 is 23.5 Å². The summed E-state index contributed by atoms with van der Waals surface area (Å²) in [5, 5.41) is 0. The number of carbonyl (C=O) groups is 2. The Morgan fingerprint density at radius 3 is 2.92 bits per heavy atom. The van der Waals surface area contributed by atoms with E-state index in [1.165, 1.54) is 0 Å². The van der Waals surface area contributed by atoms with Crippen molar-refractivity contribution in [3.63, 3.8) is 0 Å². The van der Waals surface area contributed by atoms with Crippen molar-refractivity contribution in [2.45, 2.75) is 18.2 Å². The van der Waals surface area contributed by atoms with Crippen LogP contribution in [0.15, 0.2) is 0 Å². The van der Waals surface area contributed by atoms with Crippen LogP contribution < -0.4 is 0 Å². The van der Waals surface area contributed by atoms with E-state index in [-0.39, 0.29) is 19.6 Å². The van der Waals surface area contributed by atoms with Crippen LogP contribution in [-0.2, 0) is 19.1 Å². The Morgan fingerprint density at radius 1 is 1.83 bits per heavy atom. The topological polar surface area (TPSA) is 52.6 Å². The minimum Gasteiger partial charge on any atom is -0.464 e. The zero-order chi connectivity index (χ0) is 9.19. The van der Waals surface area contributed by atoms with Gasteiger partial charge in [-0.1, -0.05) is 11.6 Å². The molecule has 1 heterocycles. The minimum absolute atomic E-state index is 0.182. The van der Waals surface area contributed by atoms with E-state index >= 15 is 0 Å². The van der Waals surface area contributed by atoms with E-state index in [0.717, 1.165) is 0 Å². The quantitative estimate of drug-likeness (QED) is 0.363. The van der Waals surface area contributed by atoms with Crippen molar-refractivity contribution in [1.82, 2.24) is 0 Å². The summed E-state index contributed by atoms with van der Waals surface area (Å²) in [4.78, 5) is 20.5. The molecule has 0 saturated carbocycles. The summed E-state index contributed by atoms with van der Waals surface area (Å²) in [5.41, 5.74) is 0. The molecule has 1 aliphatic heterocycles. The smallest absolute Gasteiger partial charge is 0.339 e. The van der Waals surface area contributed by atoms with Gasteiger partial charge < -0.3 is 9.47 Å². The number of carbonyl (C=O) groups excluding carboxylic acids is 2. The molecule has 0 radical (unpaired) electrons. The van der Waals surface area contributed by atoms with Crippen molar-refractivity contribution < 1.29 is 19.1 Å². The molecule has 0 bridgehead atoms. The number of cyclic esters (lactones) is 1. The Hall–Kier alpha value is -0.770. The largest absolute Gasteiger partial charge is 0.464 e. The van der Waals surface area contributed by atoms with Crippen LogP contribution in [0.5, 0.6) is 0 Å². The van der Waals surface area contributed by atoms with Crippen LogP contribution >= 0.6 is 11.6 Å². The van der Waals surface area contributed by atoms with E-state index in [1.54, 1.807) is 6.92 Å². The van der Waals surface area contributed by atoms with Crippen molar-refractivity contribution in [2.75, 3.05) is 13.2 Å². The first-order chi connectivity index (χ1) is 5.61. The van der Waals surface area contributed by atoms with Gasteiger partial charge in [-0.3, -0.25) is 0 Å². The highest BCUT2D eigenvalue weighted by Crippen LogP contribution is 2.29. The second-order valence-electron chi connectivity index (χ2n) is 2.41. The van der Waals surface area contributed by atoms with Crippen molar-refractivity contribution in [2.24, 2.45) is 0 Å². The molecule has 1 unspecified atom stereocenters. The zero-order valence-corrected chi connectivity index (χ0v) is 7.39. The Bertz CT molecular complexity index is 215. The van der Waals surface area contributed by atoms with E-state index in [1.807, 2.05) is 0 Å². The standard InChI is InChI=1S/C7H9ClO4/c1-2-11-5(9)7(8)3-4-12-6(7)10/h2-4H2,1H3. The van der Waals surface area contributed by atoms with Crippen LogP contribution in [0.4, 0.5) is 0 Å². The third kappa shape index (κ3) is 1.39. The van der Waals surface area contributed by atoms with E-state index < -0.39 is 16.8 Å². The molecule has 0 N–H and O–H groups in total. The summed E-state index contributed by atoms with van der Waals surface area (Å²) in [6.07, 6.45) is 0.187. The number of ether oxygens (including phenoxy) is 2. The molecule has 0 aromatic heterocycles. The van der Waals surface area contributed by atoms with E-state index in [9.17, 15) is 9.59 Å². The number of rotatable bonds is 2. The first kappa shape index (κ1) is 9.32. The summed E-state index contributed by atoms with van der Waals surface area (Å²) in [6.45, 7) is 2.04. The average molecular weight is 193 g/mol. The van der Waals surface area contributed by atoms with Gasteiger partial charge in [0.05, 0.1) is 13.2 Å². The van der Waals surface area contributed by atoms with Gasteiger partial charge >= 0.3 is 11.9 Å². The zero-order valence-electron chi connectivity index (χ0n) is 6.63. The molecule has 1 saturated heterocycles. The molecular weight excluding hydrogens is 184 g/mol. The molecule has 0 aromatic carbocycles. The molecule has 12 heavy (non-hydrogen) atoms. The first-order valence-corrected chi connectivity index (χ1v) is 4.02.